The highest BCUT2D eigenvalue weighted by Gasteiger charge is 2.63. The third-order valence-electron chi connectivity index (χ3n) is 6.50. The summed E-state index contributed by atoms with van der Waals surface area (Å²) in [4.78, 5) is 15.7. The van der Waals surface area contributed by atoms with E-state index in [-0.39, 0.29) is 5.78 Å². The molecule has 0 N–H and O–H groups in total. The zero-order chi connectivity index (χ0) is 22.3. The van der Waals surface area contributed by atoms with Gasteiger partial charge in [0.1, 0.15) is 11.9 Å². The summed E-state index contributed by atoms with van der Waals surface area (Å²) in [5, 5.41) is 20.9. The summed E-state index contributed by atoms with van der Waals surface area (Å²) in [7, 11) is 0. The number of carbonyl (C=O) groups is 1. The Bertz CT molecular complexity index is 1290. The number of hydrogen-bond acceptors (Lipinski definition) is 4. The summed E-state index contributed by atoms with van der Waals surface area (Å²) in [6.45, 7) is 0. The maximum atomic E-state index is 13.8. The molecule has 0 radical (unpaired) electrons. The van der Waals surface area contributed by atoms with Crippen molar-refractivity contribution in [3.05, 3.63) is 113 Å². The van der Waals surface area contributed by atoms with Crippen molar-refractivity contribution in [2.75, 3.05) is 0 Å². The van der Waals surface area contributed by atoms with Gasteiger partial charge >= 0.3 is 0 Å². The zero-order valence-electron chi connectivity index (χ0n) is 17.0. The number of fused-ring (bicyclic) bond motifs is 3. The molecule has 0 aliphatic carbocycles. The van der Waals surface area contributed by atoms with Crippen molar-refractivity contribution >= 4 is 11.9 Å². The van der Waals surface area contributed by atoms with Crippen LogP contribution >= 0.6 is 0 Å². The lowest BCUT2D eigenvalue weighted by Crippen LogP contribution is -2.37. The monoisotopic (exact) mass is 419 g/mol. The summed E-state index contributed by atoms with van der Waals surface area (Å²) in [5.41, 5.74) is 1.28. The lowest BCUT2D eigenvalue weighted by atomic mass is 9.67. The van der Waals surface area contributed by atoms with Gasteiger partial charge in [-0.1, -0.05) is 66.7 Å². The van der Waals surface area contributed by atoms with Crippen LogP contribution in [0.3, 0.4) is 0 Å². The van der Waals surface area contributed by atoms with Gasteiger partial charge in [0, 0.05) is 17.7 Å². The average molecular weight is 419 g/mol. The van der Waals surface area contributed by atoms with Crippen LogP contribution in [0.25, 0.3) is 6.08 Å². The van der Waals surface area contributed by atoms with Gasteiger partial charge in [-0.25, -0.2) is 4.39 Å². The van der Waals surface area contributed by atoms with Gasteiger partial charge in [-0.15, -0.1) is 0 Å². The standard InChI is InChI=1S/C27H18FN3O/c28-21-12-10-19(11-13-21)23-24(25(32)20-7-2-1-3-8-20)31-15-14-18-6-4-5-9-22(18)26(31)27(23,16-29)17-30/h1-15,23-24,26H/t23-,24+,26-/m0/s1. The second-order valence-corrected chi connectivity index (χ2v) is 8.09. The summed E-state index contributed by atoms with van der Waals surface area (Å²) in [5.74, 6) is -1.37. The molecule has 32 heavy (non-hydrogen) atoms. The molecule has 154 valence electrons. The molecule has 0 bridgehead atoms. The van der Waals surface area contributed by atoms with Crippen molar-refractivity contribution in [1.82, 2.24) is 4.90 Å². The van der Waals surface area contributed by atoms with E-state index < -0.39 is 29.2 Å². The Labute approximate surface area is 185 Å². The minimum absolute atomic E-state index is 0.179. The topological polar surface area (TPSA) is 67.9 Å². The fourth-order valence-electron chi connectivity index (χ4n) is 5.11. The summed E-state index contributed by atoms with van der Waals surface area (Å²) < 4.78 is 13.7. The molecule has 0 spiro atoms. The Balaban J connectivity index is 1.78. The van der Waals surface area contributed by atoms with E-state index in [4.69, 9.17) is 0 Å². The Hall–Kier alpha value is -4.22. The first-order valence-corrected chi connectivity index (χ1v) is 10.3. The van der Waals surface area contributed by atoms with Gasteiger partial charge in [-0.05, 0) is 34.9 Å². The first-order chi connectivity index (χ1) is 15.6. The molecule has 2 aliphatic heterocycles. The molecule has 3 aromatic carbocycles. The summed E-state index contributed by atoms with van der Waals surface area (Å²) >= 11 is 0. The van der Waals surface area contributed by atoms with Gasteiger partial charge < -0.3 is 4.90 Å². The number of Topliss-reactive ketones (excluding diaryl/α,β-unsaturated/α-hetero) is 1. The van der Waals surface area contributed by atoms with Crippen LogP contribution in [-0.2, 0) is 0 Å². The maximum absolute atomic E-state index is 13.8. The molecule has 1 saturated heterocycles. The molecule has 5 heteroatoms. The van der Waals surface area contributed by atoms with Crippen molar-refractivity contribution in [3.63, 3.8) is 0 Å². The number of halogens is 1. The molecule has 2 aliphatic rings. The number of benzene rings is 3. The minimum Gasteiger partial charge on any atom is -0.357 e. The van der Waals surface area contributed by atoms with Crippen LogP contribution in [0.4, 0.5) is 4.39 Å². The van der Waals surface area contributed by atoms with Gasteiger partial charge in [-0.2, -0.15) is 10.5 Å². The second kappa shape index (κ2) is 7.48. The molecule has 3 atom stereocenters. The lowest BCUT2D eigenvalue weighted by Gasteiger charge is -2.34. The SMILES string of the molecule is N#CC1(C#N)[C@@H]2c3ccccc3C=CN2[C@@H](C(=O)c2ccccc2)[C@@H]1c1ccc(F)cc1. The third kappa shape index (κ3) is 2.76. The highest BCUT2D eigenvalue weighted by molar-refractivity contribution is 6.01. The minimum atomic E-state index is -1.55. The fraction of sp³-hybridized carbons (Fsp3) is 0.148. The molecular formula is C27H18FN3O. The van der Waals surface area contributed by atoms with Crippen LogP contribution in [0.2, 0.25) is 0 Å². The quantitative estimate of drug-likeness (QED) is 0.545. The van der Waals surface area contributed by atoms with Crippen molar-refractivity contribution in [1.29, 1.82) is 10.5 Å². The summed E-state index contributed by atoms with van der Waals surface area (Å²) in [6, 6.07) is 25.4. The second-order valence-electron chi connectivity index (χ2n) is 8.09. The number of hydrogen-bond donors (Lipinski definition) is 0. The molecule has 0 amide bonds. The van der Waals surface area contributed by atoms with Crippen LogP contribution in [-0.4, -0.2) is 16.7 Å². The van der Waals surface area contributed by atoms with E-state index in [0.717, 1.165) is 11.1 Å². The van der Waals surface area contributed by atoms with E-state index in [0.29, 0.717) is 11.1 Å². The van der Waals surface area contributed by atoms with Crippen molar-refractivity contribution in [2.45, 2.75) is 18.0 Å². The Morgan fingerprint density at radius 2 is 1.56 bits per heavy atom. The third-order valence-corrected chi connectivity index (χ3v) is 6.50. The number of carbonyl (C=O) groups excluding carboxylic acids is 1. The van der Waals surface area contributed by atoms with Gasteiger partial charge in [0.2, 0.25) is 0 Å². The molecule has 3 aromatic rings. The first-order valence-electron chi connectivity index (χ1n) is 10.3. The van der Waals surface area contributed by atoms with Crippen LogP contribution in [0.15, 0.2) is 85.1 Å². The van der Waals surface area contributed by atoms with E-state index in [1.807, 2.05) is 47.5 Å². The molecular weight excluding hydrogens is 401 g/mol. The Morgan fingerprint density at radius 3 is 2.25 bits per heavy atom. The van der Waals surface area contributed by atoms with Crippen molar-refractivity contribution in [3.8, 4) is 12.1 Å². The maximum Gasteiger partial charge on any atom is 0.185 e. The predicted molar refractivity (Wildman–Crippen MR) is 117 cm³/mol. The van der Waals surface area contributed by atoms with Gasteiger partial charge in [0.05, 0.1) is 18.2 Å². The lowest BCUT2D eigenvalue weighted by molar-refractivity contribution is 0.0874. The molecule has 0 saturated carbocycles. The van der Waals surface area contributed by atoms with E-state index in [1.54, 1.807) is 36.4 Å². The van der Waals surface area contributed by atoms with Gasteiger partial charge in [0.15, 0.2) is 11.2 Å². The molecule has 0 aromatic heterocycles. The Kier molecular flexibility index (Phi) is 4.61. The van der Waals surface area contributed by atoms with Gasteiger partial charge in [0.25, 0.3) is 0 Å². The van der Waals surface area contributed by atoms with Crippen LogP contribution < -0.4 is 0 Å². The highest BCUT2D eigenvalue weighted by Crippen LogP contribution is 2.59. The predicted octanol–water partition coefficient (Wildman–Crippen LogP) is 5.24. The molecule has 0 unspecified atom stereocenters. The first kappa shape index (κ1) is 19.7. The molecule has 5 rings (SSSR count). The number of nitriles is 2. The zero-order valence-corrected chi connectivity index (χ0v) is 17.0. The van der Waals surface area contributed by atoms with Gasteiger partial charge in [-0.3, -0.25) is 4.79 Å². The number of rotatable bonds is 3. The van der Waals surface area contributed by atoms with E-state index in [2.05, 4.69) is 12.1 Å². The van der Waals surface area contributed by atoms with E-state index in [1.165, 1.54) is 12.1 Å². The summed E-state index contributed by atoms with van der Waals surface area (Å²) in [6.07, 6.45) is 3.72. The largest absolute Gasteiger partial charge is 0.357 e. The van der Waals surface area contributed by atoms with Crippen molar-refractivity contribution < 1.29 is 9.18 Å². The Morgan fingerprint density at radius 1 is 0.906 bits per heavy atom. The van der Waals surface area contributed by atoms with Crippen LogP contribution in [0, 0.1) is 33.9 Å². The van der Waals surface area contributed by atoms with Crippen LogP contribution in [0.5, 0.6) is 0 Å². The molecule has 2 heterocycles. The number of ketones is 1. The smallest absolute Gasteiger partial charge is 0.185 e. The van der Waals surface area contributed by atoms with E-state index >= 15 is 0 Å². The fourth-order valence-corrected chi connectivity index (χ4v) is 5.11. The molecule has 4 nitrogen and oxygen atoms in total. The molecule has 1 fully saturated rings. The highest BCUT2D eigenvalue weighted by atomic mass is 19.1. The van der Waals surface area contributed by atoms with E-state index in [9.17, 15) is 19.7 Å². The van der Waals surface area contributed by atoms with Crippen molar-refractivity contribution in [2.24, 2.45) is 5.41 Å². The average Bonchev–Trinajstić information content (AvgIpc) is 3.15. The normalized spacial score (nSPS) is 22.3. The van der Waals surface area contributed by atoms with Crippen LogP contribution in [0.1, 0.15) is 39.0 Å². The number of nitrogens with zero attached hydrogens (tertiary/aromatic N) is 3.